The van der Waals surface area contributed by atoms with Crippen LogP contribution in [0.2, 0.25) is 0 Å². The predicted molar refractivity (Wildman–Crippen MR) is 126 cm³/mol. The Kier molecular flexibility index (Phi) is 7.58. The number of carbonyl (C=O) groups is 2. The van der Waals surface area contributed by atoms with Crippen LogP contribution in [0.1, 0.15) is 85.5 Å². The van der Waals surface area contributed by atoms with Gasteiger partial charge in [-0.1, -0.05) is 20.8 Å². The van der Waals surface area contributed by atoms with Crippen molar-refractivity contribution in [3.8, 4) is 0 Å². The molecule has 4 rings (SSSR count). The van der Waals surface area contributed by atoms with Crippen molar-refractivity contribution >= 4 is 22.3 Å². The minimum absolute atomic E-state index is 0.000605. The maximum atomic E-state index is 11.8. The lowest BCUT2D eigenvalue weighted by molar-refractivity contribution is -0.306. The second-order valence-electron chi connectivity index (χ2n) is 12.5. The molecule has 11 atom stereocenters. The number of carboxylic acids is 1. The van der Waals surface area contributed by atoms with Gasteiger partial charge in [-0.3, -0.25) is 8.98 Å². The number of carboxylic acid groups (broad SMARTS) is 1. The second kappa shape index (κ2) is 9.82. The molecule has 36 heavy (non-hydrogen) atoms. The zero-order valence-corrected chi connectivity index (χ0v) is 22.5. The Morgan fingerprint density at radius 2 is 1.81 bits per heavy atom. The van der Waals surface area contributed by atoms with Crippen molar-refractivity contribution in [1.29, 1.82) is 0 Å². The fourth-order valence-corrected chi connectivity index (χ4v) is 9.74. The van der Waals surface area contributed by atoms with Crippen molar-refractivity contribution < 1.29 is 41.7 Å². The molecule has 206 valence electrons. The first kappa shape index (κ1) is 27.8. The molecule has 0 aromatic rings. The van der Waals surface area contributed by atoms with E-state index in [-0.39, 0.29) is 59.4 Å². The van der Waals surface area contributed by atoms with Crippen molar-refractivity contribution in [1.82, 2.24) is 0 Å². The molecule has 0 aromatic carbocycles. The minimum Gasteiger partial charge on any atom is -0.726 e. The van der Waals surface area contributed by atoms with E-state index in [1.807, 2.05) is 6.92 Å². The Labute approximate surface area is 214 Å². The Morgan fingerprint density at radius 3 is 2.42 bits per heavy atom. The third kappa shape index (κ3) is 4.95. The van der Waals surface area contributed by atoms with Gasteiger partial charge in [0.05, 0.1) is 12.2 Å². The highest BCUT2D eigenvalue weighted by atomic mass is 32.3. The van der Waals surface area contributed by atoms with E-state index in [0.29, 0.717) is 32.1 Å². The van der Waals surface area contributed by atoms with Crippen LogP contribution in [-0.4, -0.2) is 48.3 Å². The van der Waals surface area contributed by atoms with Gasteiger partial charge in [0.15, 0.2) is 0 Å². The highest BCUT2D eigenvalue weighted by Crippen LogP contribution is 2.69. The van der Waals surface area contributed by atoms with Gasteiger partial charge >= 0.3 is 5.97 Å². The van der Waals surface area contributed by atoms with Gasteiger partial charge in [-0.25, -0.2) is 8.42 Å². The van der Waals surface area contributed by atoms with Crippen LogP contribution in [0.5, 0.6) is 0 Å². The molecule has 0 radical (unpaired) electrons. The third-order valence-electron chi connectivity index (χ3n) is 10.9. The average Bonchev–Trinajstić information content (AvgIpc) is 3.11. The molecule has 4 saturated carbocycles. The minimum atomic E-state index is -4.94. The van der Waals surface area contributed by atoms with Crippen LogP contribution >= 0.6 is 0 Å². The molecular weight excluding hydrogens is 488 g/mol. The summed E-state index contributed by atoms with van der Waals surface area (Å²) in [6.45, 7) is 7.65. The Hall–Kier alpha value is -1.23. The summed E-state index contributed by atoms with van der Waals surface area (Å²) in [5, 5.41) is 22.7. The number of rotatable bonds is 7. The van der Waals surface area contributed by atoms with E-state index in [1.165, 1.54) is 6.92 Å². The van der Waals surface area contributed by atoms with E-state index < -0.39 is 34.0 Å². The van der Waals surface area contributed by atoms with Crippen molar-refractivity contribution in [3.63, 3.8) is 0 Å². The van der Waals surface area contributed by atoms with E-state index in [4.69, 9.17) is 8.92 Å². The molecule has 0 unspecified atom stereocenters. The molecule has 0 aromatic heterocycles. The normalized spacial score (nSPS) is 45.2. The molecule has 0 saturated heterocycles. The van der Waals surface area contributed by atoms with Crippen LogP contribution in [0.4, 0.5) is 0 Å². The standard InChI is InChI=1S/C26H42O9S/c1-14(5-8-23(29)30)18-6-7-19-24-20(13-22(28)26(18,19)4)25(3)10-9-17(34-15(2)27)11-16(25)12-21(24)35-36(31,32)33/h14,16-22,24,28H,5-13H2,1-4H3,(H,29,30)(H,31,32,33)/p-2/t14-,16+,17-,18-,19+,20+,21-,22+,24+,25+,26-/m1/s1. The highest BCUT2D eigenvalue weighted by molar-refractivity contribution is 7.80. The molecule has 0 aliphatic heterocycles. The van der Waals surface area contributed by atoms with E-state index in [9.17, 15) is 32.8 Å². The summed E-state index contributed by atoms with van der Waals surface area (Å²) in [4.78, 5) is 22.6. The molecule has 0 heterocycles. The number of aliphatic carboxylic acids is 1. The van der Waals surface area contributed by atoms with Crippen LogP contribution < -0.4 is 5.11 Å². The number of aliphatic hydroxyl groups is 1. The molecule has 0 amide bonds. The Bertz CT molecular complexity index is 966. The number of ether oxygens (including phenoxy) is 1. The maximum Gasteiger partial charge on any atom is 0.302 e. The SMILES string of the molecule is CC(=O)O[C@@H]1CC[C@@]2(C)[C@@H](C1)C[C@@H](OS(=O)(=O)[O-])[C@@H]1[C@@H]2C[C@H](O)[C@]2(C)[C@@H]([C@H](C)CCC(=O)[O-])CC[C@@H]12. The molecule has 9 nitrogen and oxygen atoms in total. The lowest BCUT2D eigenvalue weighted by Crippen LogP contribution is -2.63. The lowest BCUT2D eigenvalue weighted by atomic mass is 9.43. The van der Waals surface area contributed by atoms with Gasteiger partial charge < -0.3 is 24.3 Å². The van der Waals surface area contributed by atoms with Gasteiger partial charge in [0, 0.05) is 12.9 Å². The van der Waals surface area contributed by atoms with Crippen molar-refractivity contribution in [2.24, 2.45) is 46.3 Å². The fraction of sp³-hybridized carbons (Fsp3) is 0.923. The first-order valence-corrected chi connectivity index (χ1v) is 14.7. The van der Waals surface area contributed by atoms with Crippen LogP contribution in [0, 0.1) is 46.3 Å². The summed E-state index contributed by atoms with van der Waals surface area (Å²) < 4.78 is 46.2. The summed E-state index contributed by atoms with van der Waals surface area (Å²) >= 11 is 0. The molecule has 4 fully saturated rings. The van der Waals surface area contributed by atoms with Crippen molar-refractivity contribution in [2.45, 2.75) is 104 Å². The van der Waals surface area contributed by atoms with E-state index in [0.717, 1.165) is 19.3 Å². The fourth-order valence-electron chi connectivity index (χ4n) is 9.23. The zero-order valence-electron chi connectivity index (χ0n) is 21.7. The van der Waals surface area contributed by atoms with Crippen LogP contribution in [0.25, 0.3) is 0 Å². The van der Waals surface area contributed by atoms with E-state index in [1.54, 1.807) is 0 Å². The Morgan fingerprint density at radius 1 is 1.11 bits per heavy atom. The van der Waals surface area contributed by atoms with Gasteiger partial charge in [0.25, 0.3) is 0 Å². The monoisotopic (exact) mass is 528 g/mol. The number of esters is 1. The largest absolute Gasteiger partial charge is 0.726 e. The summed E-state index contributed by atoms with van der Waals surface area (Å²) in [6.07, 6.45) is 3.28. The zero-order chi connectivity index (χ0) is 26.6. The second-order valence-corrected chi connectivity index (χ2v) is 13.5. The summed E-state index contributed by atoms with van der Waals surface area (Å²) in [7, 11) is -4.94. The first-order chi connectivity index (χ1) is 16.7. The number of hydrogen-bond donors (Lipinski definition) is 1. The van der Waals surface area contributed by atoms with Crippen LogP contribution in [0.3, 0.4) is 0 Å². The quantitative estimate of drug-likeness (QED) is 0.297. The van der Waals surface area contributed by atoms with Crippen LogP contribution in [0.15, 0.2) is 0 Å². The smallest absolute Gasteiger partial charge is 0.302 e. The van der Waals surface area contributed by atoms with Gasteiger partial charge in [-0.05, 0) is 104 Å². The summed E-state index contributed by atoms with van der Waals surface area (Å²) in [5.41, 5.74) is -0.728. The van der Waals surface area contributed by atoms with E-state index in [2.05, 4.69) is 13.8 Å². The number of hydrogen-bond acceptors (Lipinski definition) is 9. The molecular formula is C26H40O9S-2. The van der Waals surface area contributed by atoms with Crippen molar-refractivity contribution in [2.75, 3.05) is 0 Å². The highest BCUT2D eigenvalue weighted by Gasteiger charge is 2.66. The summed E-state index contributed by atoms with van der Waals surface area (Å²) in [6, 6.07) is 0. The molecule has 4 aliphatic carbocycles. The lowest BCUT2D eigenvalue weighted by Gasteiger charge is -2.64. The number of fused-ring (bicyclic) bond motifs is 5. The topological polar surface area (TPSA) is 153 Å². The van der Waals surface area contributed by atoms with Gasteiger partial charge in [-0.15, -0.1) is 0 Å². The van der Waals surface area contributed by atoms with Gasteiger partial charge in [0.2, 0.25) is 10.4 Å². The predicted octanol–water partition coefficient (Wildman–Crippen LogP) is 2.17. The first-order valence-electron chi connectivity index (χ1n) is 13.4. The third-order valence-corrected chi connectivity index (χ3v) is 11.3. The molecule has 1 N–H and O–H groups in total. The summed E-state index contributed by atoms with van der Waals surface area (Å²) in [5.74, 6) is -1.59. The van der Waals surface area contributed by atoms with Crippen LogP contribution in [-0.2, 0) is 28.9 Å². The number of carbonyl (C=O) groups excluding carboxylic acids is 2. The Balaban J connectivity index is 1.67. The van der Waals surface area contributed by atoms with E-state index >= 15 is 0 Å². The molecule has 0 bridgehead atoms. The van der Waals surface area contributed by atoms with Gasteiger partial charge in [0.1, 0.15) is 6.10 Å². The van der Waals surface area contributed by atoms with Gasteiger partial charge in [-0.2, -0.15) is 0 Å². The average molecular weight is 529 g/mol. The molecule has 10 heteroatoms. The maximum absolute atomic E-state index is 11.8. The molecule has 0 spiro atoms. The number of aliphatic hydroxyl groups excluding tert-OH is 1. The van der Waals surface area contributed by atoms with Crippen molar-refractivity contribution in [3.05, 3.63) is 0 Å². The molecule has 4 aliphatic rings.